The normalized spacial score (nSPS) is 15.0. The maximum Gasteiger partial charge on any atom is 0.410 e. The average molecular weight is 350 g/mol. The second kappa shape index (κ2) is 9.44. The lowest BCUT2D eigenvalue weighted by molar-refractivity contribution is 0.0811. The minimum Gasteiger partial charge on any atom is -0.445 e. The van der Waals surface area contributed by atoms with E-state index < -0.39 is 0 Å². The number of ether oxygens (including phenoxy) is 1. The molecule has 1 aliphatic heterocycles. The number of nitrogens with zero attached hydrogens (tertiary/aromatic N) is 2. The fourth-order valence-corrected chi connectivity index (χ4v) is 2.89. The zero-order valence-corrected chi connectivity index (χ0v) is 14.9. The van der Waals surface area contributed by atoms with Gasteiger partial charge in [-0.25, -0.2) is 10.6 Å². The van der Waals surface area contributed by atoms with Gasteiger partial charge in [-0.1, -0.05) is 30.3 Å². The Hall–Kier alpha value is -1.86. The van der Waals surface area contributed by atoms with Gasteiger partial charge in [-0.15, -0.1) is 0 Å². The first-order valence-electron chi connectivity index (χ1n) is 8.27. The molecule has 1 amide bonds. The van der Waals surface area contributed by atoms with Crippen molar-refractivity contribution in [2.45, 2.75) is 25.9 Å². The monoisotopic (exact) mass is 350 g/mol. The summed E-state index contributed by atoms with van der Waals surface area (Å²) in [5.41, 5.74) is 3.50. The number of carbonyl (C=O) groups excluding carboxylic acids is 1. The van der Waals surface area contributed by atoms with E-state index in [0.29, 0.717) is 17.6 Å². The Kier molecular flexibility index (Phi) is 7.27. The number of benzene rings is 1. The molecule has 0 aromatic heterocycles. The Labute approximate surface area is 148 Å². The van der Waals surface area contributed by atoms with Crippen LogP contribution in [0.3, 0.4) is 0 Å². The topological polar surface area (TPSA) is 70.8 Å². The molecule has 7 heteroatoms. The van der Waals surface area contributed by atoms with Crippen LogP contribution in [0.1, 0.15) is 24.8 Å². The van der Waals surface area contributed by atoms with Crippen molar-refractivity contribution in [2.75, 3.05) is 26.7 Å². The Morgan fingerprint density at radius 3 is 2.67 bits per heavy atom. The van der Waals surface area contributed by atoms with Crippen LogP contribution in [-0.2, 0) is 11.3 Å². The second-order valence-electron chi connectivity index (χ2n) is 6.13. The third-order valence-electron chi connectivity index (χ3n) is 4.42. The lowest BCUT2D eigenvalue weighted by Crippen LogP contribution is -2.42. The van der Waals surface area contributed by atoms with Crippen molar-refractivity contribution < 1.29 is 9.53 Å². The van der Waals surface area contributed by atoms with Crippen LogP contribution in [0, 0.1) is 5.92 Å². The van der Waals surface area contributed by atoms with E-state index in [1.165, 1.54) is 0 Å². The zero-order chi connectivity index (χ0) is 17.4. The lowest BCUT2D eigenvalue weighted by Gasteiger charge is -2.32. The summed E-state index contributed by atoms with van der Waals surface area (Å²) < 4.78 is 5.39. The summed E-state index contributed by atoms with van der Waals surface area (Å²) in [6.07, 6.45) is 2.82. The molecule has 132 valence electrons. The molecule has 0 radical (unpaired) electrons. The molecule has 1 aromatic carbocycles. The SMILES string of the molecule is CN(CCC1CCN(C(=O)OCc2ccccc2)CC1)C(=S)NN. The van der Waals surface area contributed by atoms with E-state index in [1.807, 2.05) is 42.3 Å². The number of amides is 1. The lowest BCUT2D eigenvalue weighted by atomic mass is 9.93. The molecule has 3 N–H and O–H groups in total. The van der Waals surface area contributed by atoms with Crippen molar-refractivity contribution in [3.8, 4) is 0 Å². The van der Waals surface area contributed by atoms with Gasteiger partial charge in [0, 0.05) is 26.7 Å². The molecular weight excluding hydrogens is 324 g/mol. The first kappa shape index (κ1) is 18.5. The van der Waals surface area contributed by atoms with Crippen LogP contribution in [0.25, 0.3) is 0 Å². The Bertz CT molecular complexity index is 533. The van der Waals surface area contributed by atoms with Crippen LogP contribution in [0.2, 0.25) is 0 Å². The van der Waals surface area contributed by atoms with Gasteiger partial charge in [0.15, 0.2) is 5.11 Å². The average Bonchev–Trinajstić information content (AvgIpc) is 2.64. The summed E-state index contributed by atoms with van der Waals surface area (Å²) in [6, 6.07) is 9.74. The van der Waals surface area contributed by atoms with Gasteiger partial charge in [0.1, 0.15) is 6.61 Å². The third-order valence-corrected chi connectivity index (χ3v) is 4.85. The summed E-state index contributed by atoms with van der Waals surface area (Å²) >= 11 is 5.09. The van der Waals surface area contributed by atoms with Gasteiger partial charge in [0.25, 0.3) is 0 Å². The van der Waals surface area contributed by atoms with Crippen molar-refractivity contribution in [1.29, 1.82) is 0 Å². The van der Waals surface area contributed by atoms with Crippen LogP contribution >= 0.6 is 12.2 Å². The first-order chi connectivity index (χ1) is 11.6. The summed E-state index contributed by atoms with van der Waals surface area (Å²) in [5.74, 6) is 5.92. The van der Waals surface area contributed by atoms with E-state index in [4.69, 9.17) is 22.8 Å². The fourth-order valence-electron chi connectivity index (χ4n) is 2.80. The van der Waals surface area contributed by atoms with Gasteiger partial charge in [-0.2, -0.15) is 0 Å². The standard InChI is InChI=1S/C17H26N4O2S/c1-20(16(24)19-18)10-7-14-8-11-21(12-9-14)17(22)23-13-15-5-3-2-4-6-15/h2-6,14H,7-13,18H2,1H3,(H,19,24). The van der Waals surface area contributed by atoms with Gasteiger partial charge < -0.3 is 20.0 Å². The fraction of sp³-hybridized carbons (Fsp3) is 0.529. The van der Waals surface area contributed by atoms with Crippen LogP contribution in [0.4, 0.5) is 4.79 Å². The van der Waals surface area contributed by atoms with Crippen LogP contribution in [0.5, 0.6) is 0 Å². The number of carbonyl (C=O) groups is 1. The molecule has 1 aliphatic rings. The van der Waals surface area contributed by atoms with Crippen molar-refractivity contribution in [2.24, 2.45) is 11.8 Å². The summed E-state index contributed by atoms with van der Waals surface area (Å²) in [5, 5.41) is 0.553. The van der Waals surface area contributed by atoms with Crippen molar-refractivity contribution >= 4 is 23.4 Å². The number of rotatable bonds is 5. The van der Waals surface area contributed by atoms with E-state index in [2.05, 4.69) is 5.43 Å². The van der Waals surface area contributed by atoms with Crippen molar-refractivity contribution in [3.63, 3.8) is 0 Å². The molecule has 0 saturated carbocycles. The predicted octanol–water partition coefficient (Wildman–Crippen LogP) is 2.11. The quantitative estimate of drug-likeness (QED) is 0.481. The summed E-state index contributed by atoms with van der Waals surface area (Å²) in [7, 11) is 1.93. The highest BCUT2D eigenvalue weighted by atomic mass is 32.1. The maximum absolute atomic E-state index is 12.1. The number of hydrogen-bond donors (Lipinski definition) is 2. The first-order valence-corrected chi connectivity index (χ1v) is 8.68. The Balaban J connectivity index is 1.66. The van der Waals surface area contributed by atoms with Gasteiger partial charge in [-0.3, -0.25) is 0 Å². The van der Waals surface area contributed by atoms with Crippen molar-refractivity contribution in [1.82, 2.24) is 15.2 Å². The predicted molar refractivity (Wildman–Crippen MR) is 98.1 cm³/mol. The van der Waals surface area contributed by atoms with Gasteiger partial charge in [0.2, 0.25) is 0 Å². The molecule has 2 rings (SSSR count). The van der Waals surface area contributed by atoms with E-state index in [9.17, 15) is 4.79 Å². The van der Waals surface area contributed by atoms with Crippen LogP contribution in [0.15, 0.2) is 30.3 Å². The highest BCUT2D eigenvalue weighted by molar-refractivity contribution is 7.80. The molecule has 0 bridgehead atoms. The number of nitrogens with one attached hydrogen (secondary N) is 1. The molecule has 0 spiro atoms. The minimum atomic E-state index is -0.220. The van der Waals surface area contributed by atoms with E-state index in [-0.39, 0.29) is 6.09 Å². The van der Waals surface area contributed by atoms with E-state index >= 15 is 0 Å². The van der Waals surface area contributed by atoms with E-state index in [0.717, 1.165) is 44.5 Å². The highest BCUT2D eigenvalue weighted by Gasteiger charge is 2.24. The molecule has 1 heterocycles. The zero-order valence-electron chi connectivity index (χ0n) is 14.1. The second-order valence-corrected chi connectivity index (χ2v) is 6.52. The maximum atomic E-state index is 12.1. The molecular formula is C17H26N4O2S. The summed E-state index contributed by atoms with van der Waals surface area (Å²) in [6.45, 7) is 2.70. The molecule has 1 aromatic rings. The number of thiocarbonyl (C=S) groups is 1. The van der Waals surface area contributed by atoms with Gasteiger partial charge in [-0.05, 0) is 43.0 Å². The molecule has 0 atom stereocenters. The summed E-state index contributed by atoms with van der Waals surface area (Å²) in [4.78, 5) is 15.9. The number of hydrogen-bond acceptors (Lipinski definition) is 4. The number of hydrazine groups is 1. The molecule has 0 unspecified atom stereocenters. The molecule has 1 saturated heterocycles. The van der Waals surface area contributed by atoms with Crippen LogP contribution < -0.4 is 11.3 Å². The van der Waals surface area contributed by atoms with Gasteiger partial charge >= 0.3 is 6.09 Å². The smallest absolute Gasteiger partial charge is 0.410 e. The number of nitrogens with two attached hydrogens (primary N) is 1. The number of piperidine rings is 1. The molecule has 1 fully saturated rings. The molecule has 24 heavy (non-hydrogen) atoms. The number of likely N-dealkylation sites (tertiary alicyclic amines) is 1. The Morgan fingerprint density at radius 2 is 2.04 bits per heavy atom. The largest absolute Gasteiger partial charge is 0.445 e. The molecule has 6 nitrogen and oxygen atoms in total. The Morgan fingerprint density at radius 1 is 1.38 bits per heavy atom. The van der Waals surface area contributed by atoms with Crippen molar-refractivity contribution in [3.05, 3.63) is 35.9 Å². The third kappa shape index (κ3) is 5.65. The minimum absolute atomic E-state index is 0.220. The molecule has 0 aliphatic carbocycles. The van der Waals surface area contributed by atoms with E-state index in [1.54, 1.807) is 4.90 Å². The highest BCUT2D eigenvalue weighted by Crippen LogP contribution is 2.21. The van der Waals surface area contributed by atoms with Gasteiger partial charge in [0.05, 0.1) is 0 Å². The van der Waals surface area contributed by atoms with Crippen LogP contribution in [-0.4, -0.2) is 47.7 Å².